The monoisotopic (exact) mass is 409 g/mol. The van der Waals surface area contributed by atoms with Gasteiger partial charge in [0.15, 0.2) is 12.6 Å². The normalized spacial score (nSPS) is 11.8. The standard InChI is InChI=1S/C23H23NO6/c1-3-7-16-12-20(26)30-22-14(2)18(11-10-17(16)22)29-13-19(25)24-21(23(27)28)15-8-5-4-6-9-15/h4-6,8-12,21H,3,7,13H2,1-2H3,(H,24,25)(H,27,28)/t21-/m1/s1. The number of carbonyl (C=O) groups is 2. The lowest BCUT2D eigenvalue weighted by Crippen LogP contribution is -2.36. The van der Waals surface area contributed by atoms with Crippen molar-refractivity contribution in [2.24, 2.45) is 0 Å². The van der Waals surface area contributed by atoms with Crippen LogP contribution in [0.5, 0.6) is 5.75 Å². The molecule has 156 valence electrons. The highest BCUT2D eigenvalue weighted by molar-refractivity contribution is 5.86. The summed E-state index contributed by atoms with van der Waals surface area (Å²) in [5.41, 5.74) is 1.97. The fourth-order valence-electron chi connectivity index (χ4n) is 3.32. The minimum atomic E-state index is -1.17. The summed E-state index contributed by atoms with van der Waals surface area (Å²) in [5, 5.41) is 12.7. The summed E-state index contributed by atoms with van der Waals surface area (Å²) in [6.07, 6.45) is 1.64. The molecule has 3 rings (SSSR count). The van der Waals surface area contributed by atoms with Crippen LogP contribution in [0.2, 0.25) is 0 Å². The number of hydrogen-bond donors (Lipinski definition) is 2. The molecule has 1 aromatic heterocycles. The third kappa shape index (κ3) is 4.68. The van der Waals surface area contributed by atoms with Crippen molar-refractivity contribution in [3.63, 3.8) is 0 Å². The number of hydrogen-bond acceptors (Lipinski definition) is 5. The van der Waals surface area contributed by atoms with E-state index in [1.54, 1.807) is 49.4 Å². The first-order valence-corrected chi connectivity index (χ1v) is 9.67. The van der Waals surface area contributed by atoms with E-state index >= 15 is 0 Å². The first-order valence-electron chi connectivity index (χ1n) is 9.67. The van der Waals surface area contributed by atoms with Gasteiger partial charge in [-0.2, -0.15) is 0 Å². The lowest BCUT2D eigenvalue weighted by atomic mass is 10.0. The van der Waals surface area contributed by atoms with Gasteiger partial charge in [-0.05, 0) is 36.6 Å². The predicted octanol–water partition coefficient (Wildman–Crippen LogP) is 3.37. The van der Waals surface area contributed by atoms with Crippen LogP contribution in [0, 0.1) is 6.92 Å². The van der Waals surface area contributed by atoms with Crippen molar-refractivity contribution in [2.75, 3.05) is 6.61 Å². The molecule has 1 heterocycles. The number of aliphatic carboxylic acids is 1. The van der Waals surface area contributed by atoms with Crippen molar-refractivity contribution in [3.8, 4) is 5.75 Å². The topological polar surface area (TPSA) is 106 Å². The Morgan fingerprint density at radius 3 is 2.57 bits per heavy atom. The van der Waals surface area contributed by atoms with Gasteiger partial charge in [-0.3, -0.25) is 4.79 Å². The molecule has 1 atom stereocenters. The van der Waals surface area contributed by atoms with Crippen LogP contribution in [-0.4, -0.2) is 23.6 Å². The maximum Gasteiger partial charge on any atom is 0.336 e. The minimum Gasteiger partial charge on any atom is -0.483 e. The highest BCUT2D eigenvalue weighted by Gasteiger charge is 2.22. The van der Waals surface area contributed by atoms with E-state index in [4.69, 9.17) is 9.15 Å². The molecule has 1 amide bonds. The lowest BCUT2D eigenvalue weighted by Gasteiger charge is -2.16. The van der Waals surface area contributed by atoms with E-state index in [0.29, 0.717) is 22.5 Å². The maximum atomic E-state index is 12.3. The van der Waals surface area contributed by atoms with Crippen molar-refractivity contribution in [1.29, 1.82) is 0 Å². The molecule has 0 unspecified atom stereocenters. The second kappa shape index (κ2) is 9.26. The molecule has 0 radical (unpaired) electrons. The molecule has 3 aromatic rings. The van der Waals surface area contributed by atoms with E-state index in [1.165, 1.54) is 6.07 Å². The van der Waals surface area contributed by atoms with Gasteiger partial charge < -0.3 is 19.6 Å². The molecule has 0 bridgehead atoms. The summed E-state index contributed by atoms with van der Waals surface area (Å²) in [4.78, 5) is 35.7. The molecule has 0 saturated carbocycles. The molecular weight excluding hydrogens is 386 g/mol. The third-order valence-electron chi connectivity index (χ3n) is 4.76. The van der Waals surface area contributed by atoms with E-state index in [1.807, 2.05) is 6.92 Å². The molecule has 0 aliphatic heterocycles. The Hall–Kier alpha value is -3.61. The Morgan fingerprint density at radius 2 is 1.90 bits per heavy atom. The number of nitrogens with one attached hydrogen (secondary N) is 1. The fourth-order valence-corrected chi connectivity index (χ4v) is 3.32. The number of amides is 1. The van der Waals surface area contributed by atoms with Crippen molar-refractivity contribution in [3.05, 3.63) is 75.6 Å². The Morgan fingerprint density at radius 1 is 1.17 bits per heavy atom. The molecule has 2 N–H and O–H groups in total. The number of benzene rings is 2. The summed E-state index contributed by atoms with van der Waals surface area (Å²) in [6, 6.07) is 12.3. The zero-order valence-corrected chi connectivity index (χ0v) is 16.8. The van der Waals surface area contributed by atoms with E-state index in [9.17, 15) is 19.5 Å². The highest BCUT2D eigenvalue weighted by Crippen LogP contribution is 2.29. The second-order valence-electron chi connectivity index (χ2n) is 6.94. The molecule has 30 heavy (non-hydrogen) atoms. The smallest absolute Gasteiger partial charge is 0.336 e. The molecule has 0 aliphatic rings. The molecule has 7 heteroatoms. The van der Waals surface area contributed by atoms with Gasteiger partial charge in [0.1, 0.15) is 11.3 Å². The van der Waals surface area contributed by atoms with Gasteiger partial charge in [0, 0.05) is 17.0 Å². The zero-order valence-electron chi connectivity index (χ0n) is 16.8. The van der Waals surface area contributed by atoms with E-state index in [2.05, 4.69) is 5.32 Å². The van der Waals surface area contributed by atoms with Gasteiger partial charge in [0.2, 0.25) is 0 Å². The van der Waals surface area contributed by atoms with E-state index in [-0.39, 0.29) is 6.61 Å². The first kappa shape index (κ1) is 21.1. The quantitative estimate of drug-likeness (QED) is 0.553. The average molecular weight is 409 g/mol. The summed E-state index contributed by atoms with van der Waals surface area (Å²) in [7, 11) is 0. The number of carboxylic acid groups (broad SMARTS) is 1. The molecule has 0 spiro atoms. The summed E-state index contributed by atoms with van der Waals surface area (Å²) >= 11 is 0. The average Bonchev–Trinajstić information content (AvgIpc) is 2.72. The van der Waals surface area contributed by atoms with E-state index < -0.39 is 23.5 Å². The van der Waals surface area contributed by atoms with Crippen LogP contribution in [0.3, 0.4) is 0 Å². The third-order valence-corrected chi connectivity index (χ3v) is 4.76. The van der Waals surface area contributed by atoms with Gasteiger partial charge >= 0.3 is 11.6 Å². The van der Waals surface area contributed by atoms with Gasteiger partial charge in [-0.1, -0.05) is 43.7 Å². The van der Waals surface area contributed by atoms with Crippen LogP contribution in [-0.2, 0) is 16.0 Å². The van der Waals surface area contributed by atoms with Gasteiger partial charge in [-0.25, -0.2) is 9.59 Å². The zero-order chi connectivity index (χ0) is 21.7. The van der Waals surface area contributed by atoms with Crippen LogP contribution >= 0.6 is 0 Å². The number of ether oxygens (including phenoxy) is 1. The summed E-state index contributed by atoms with van der Waals surface area (Å²) < 4.78 is 11.0. The first-order chi connectivity index (χ1) is 14.4. The van der Waals surface area contributed by atoms with Crippen molar-refractivity contribution >= 4 is 22.8 Å². The van der Waals surface area contributed by atoms with Gasteiger partial charge in [0.05, 0.1) is 0 Å². The van der Waals surface area contributed by atoms with Crippen LogP contribution in [0.4, 0.5) is 0 Å². The van der Waals surface area contributed by atoms with Gasteiger partial charge in [0.25, 0.3) is 5.91 Å². The van der Waals surface area contributed by atoms with Crippen molar-refractivity contribution in [2.45, 2.75) is 32.7 Å². The molecular formula is C23H23NO6. The van der Waals surface area contributed by atoms with Crippen LogP contribution in [0.25, 0.3) is 11.0 Å². The van der Waals surface area contributed by atoms with Crippen molar-refractivity contribution < 1.29 is 23.8 Å². The predicted molar refractivity (Wildman–Crippen MR) is 112 cm³/mol. The number of carboxylic acids is 1. The molecule has 7 nitrogen and oxygen atoms in total. The Labute approximate surface area is 173 Å². The van der Waals surface area contributed by atoms with E-state index in [0.717, 1.165) is 23.8 Å². The van der Waals surface area contributed by atoms with Crippen LogP contribution < -0.4 is 15.7 Å². The molecule has 0 aliphatic carbocycles. The SMILES string of the molecule is CCCc1cc(=O)oc2c(C)c(OCC(=O)N[C@@H](C(=O)O)c3ccccc3)ccc12. The fraction of sp³-hybridized carbons (Fsp3) is 0.261. The largest absolute Gasteiger partial charge is 0.483 e. The summed E-state index contributed by atoms with van der Waals surface area (Å²) in [6.45, 7) is 3.41. The van der Waals surface area contributed by atoms with Crippen LogP contribution in [0.1, 0.15) is 36.1 Å². The lowest BCUT2D eigenvalue weighted by molar-refractivity contribution is -0.142. The summed E-state index contributed by atoms with van der Waals surface area (Å²) in [5.74, 6) is -1.35. The molecule has 0 saturated heterocycles. The molecule has 0 fully saturated rings. The number of rotatable bonds is 8. The Kier molecular flexibility index (Phi) is 6.51. The van der Waals surface area contributed by atoms with Crippen molar-refractivity contribution in [1.82, 2.24) is 5.32 Å². The maximum absolute atomic E-state index is 12.3. The second-order valence-corrected chi connectivity index (χ2v) is 6.94. The Balaban J connectivity index is 1.76. The number of fused-ring (bicyclic) bond motifs is 1. The minimum absolute atomic E-state index is 0.373. The molecule has 2 aromatic carbocycles. The van der Waals surface area contributed by atoms with Gasteiger partial charge in [-0.15, -0.1) is 0 Å². The van der Waals surface area contributed by atoms with Crippen LogP contribution in [0.15, 0.2) is 57.7 Å². The number of carbonyl (C=O) groups excluding carboxylic acids is 1. The highest BCUT2D eigenvalue weighted by atomic mass is 16.5. The number of aryl methyl sites for hydroxylation is 2. The Bertz CT molecular complexity index is 1120.